The maximum Gasteiger partial charge on any atom is 0.245 e. The molecule has 19 heavy (non-hydrogen) atoms. The van der Waals surface area contributed by atoms with Crippen molar-refractivity contribution >= 4 is 11.8 Å². The lowest BCUT2D eigenvalue weighted by molar-refractivity contribution is -0.134. The largest absolute Gasteiger partial charge is 0.381 e. The highest BCUT2D eigenvalue weighted by molar-refractivity contribution is 5.90. The Morgan fingerprint density at radius 2 is 2.11 bits per heavy atom. The molecule has 1 saturated heterocycles. The van der Waals surface area contributed by atoms with E-state index in [1.807, 2.05) is 13.8 Å². The van der Waals surface area contributed by atoms with Gasteiger partial charge in [-0.05, 0) is 18.8 Å². The number of nitrogens with zero attached hydrogens (tertiary/aromatic N) is 1. The van der Waals surface area contributed by atoms with E-state index in [0.717, 1.165) is 19.4 Å². The second-order valence-electron chi connectivity index (χ2n) is 5.33. The maximum absolute atomic E-state index is 12.3. The molecule has 1 unspecified atom stereocenters. The van der Waals surface area contributed by atoms with Crippen LogP contribution in [0.3, 0.4) is 0 Å². The molecule has 1 fully saturated rings. The first kappa shape index (κ1) is 16.0. The molecule has 0 radical (unpaired) electrons. The van der Waals surface area contributed by atoms with Gasteiger partial charge in [0, 0.05) is 32.7 Å². The zero-order valence-electron chi connectivity index (χ0n) is 12.3. The van der Waals surface area contributed by atoms with E-state index < -0.39 is 0 Å². The molecule has 5 nitrogen and oxygen atoms in total. The lowest BCUT2D eigenvalue weighted by Gasteiger charge is -2.26. The molecule has 1 aliphatic rings. The highest BCUT2D eigenvalue weighted by atomic mass is 16.5. The summed E-state index contributed by atoms with van der Waals surface area (Å²) in [6.45, 7) is 8.60. The van der Waals surface area contributed by atoms with Crippen LogP contribution in [0.4, 0.5) is 0 Å². The van der Waals surface area contributed by atoms with Gasteiger partial charge in [-0.1, -0.05) is 20.8 Å². The van der Waals surface area contributed by atoms with Gasteiger partial charge in [0.25, 0.3) is 0 Å². The van der Waals surface area contributed by atoms with E-state index >= 15 is 0 Å². The number of ether oxygens (including phenoxy) is 1. The van der Waals surface area contributed by atoms with Crippen molar-refractivity contribution in [2.75, 3.05) is 26.3 Å². The standard InChI is InChI=1S/C14H26N2O3/c1-4-9-19-10-5-7-16-8-6-12(17)15-13(11(2)3)14(16)18/h11,13H,4-10H2,1-3H3,(H,15,17). The van der Waals surface area contributed by atoms with Crippen molar-refractivity contribution in [3.8, 4) is 0 Å². The first-order valence-electron chi connectivity index (χ1n) is 7.22. The predicted molar refractivity (Wildman–Crippen MR) is 73.7 cm³/mol. The Morgan fingerprint density at radius 1 is 1.37 bits per heavy atom. The third kappa shape index (κ3) is 5.19. The number of amides is 2. The van der Waals surface area contributed by atoms with Crippen LogP contribution in [0, 0.1) is 5.92 Å². The van der Waals surface area contributed by atoms with Crippen LogP contribution in [0.1, 0.15) is 40.0 Å². The van der Waals surface area contributed by atoms with Crippen molar-refractivity contribution in [1.82, 2.24) is 10.2 Å². The molecule has 0 spiro atoms. The van der Waals surface area contributed by atoms with Crippen LogP contribution in [0.2, 0.25) is 0 Å². The van der Waals surface area contributed by atoms with Gasteiger partial charge in [-0.2, -0.15) is 0 Å². The zero-order valence-corrected chi connectivity index (χ0v) is 12.3. The summed E-state index contributed by atoms with van der Waals surface area (Å²) in [5, 5.41) is 2.81. The van der Waals surface area contributed by atoms with Gasteiger partial charge in [0.05, 0.1) is 0 Å². The van der Waals surface area contributed by atoms with Crippen molar-refractivity contribution in [3.63, 3.8) is 0 Å². The minimum absolute atomic E-state index is 0.0308. The predicted octanol–water partition coefficient (Wildman–Crippen LogP) is 1.18. The topological polar surface area (TPSA) is 58.6 Å². The van der Waals surface area contributed by atoms with E-state index in [2.05, 4.69) is 12.2 Å². The van der Waals surface area contributed by atoms with Crippen molar-refractivity contribution in [3.05, 3.63) is 0 Å². The second-order valence-corrected chi connectivity index (χ2v) is 5.33. The fraction of sp³-hybridized carbons (Fsp3) is 0.857. The summed E-state index contributed by atoms with van der Waals surface area (Å²) in [6, 6.07) is -0.383. The van der Waals surface area contributed by atoms with Gasteiger partial charge in [-0.15, -0.1) is 0 Å². The Bertz CT molecular complexity index is 305. The van der Waals surface area contributed by atoms with Gasteiger partial charge < -0.3 is 15.0 Å². The number of hydrogen-bond acceptors (Lipinski definition) is 3. The van der Waals surface area contributed by atoms with Gasteiger partial charge in [0.15, 0.2) is 0 Å². The number of nitrogens with one attached hydrogen (secondary N) is 1. The monoisotopic (exact) mass is 270 g/mol. The summed E-state index contributed by atoms with van der Waals surface area (Å²) in [5.74, 6) is 0.126. The molecule has 0 aliphatic carbocycles. The summed E-state index contributed by atoms with van der Waals surface area (Å²) >= 11 is 0. The lowest BCUT2D eigenvalue weighted by atomic mass is 10.0. The average Bonchev–Trinajstić information content (AvgIpc) is 2.51. The smallest absolute Gasteiger partial charge is 0.245 e. The molecule has 0 aromatic carbocycles. The van der Waals surface area contributed by atoms with Crippen molar-refractivity contribution in [2.24, 2.45) is 5.92 Å². The number of hydrogen-bond donors (Lipinski definition) is 1. The van der Waals surface area contributed by atoms with E-state index in [0.29, 0.717) is 26.1 Å². The fourth-order valence-corrected chi connectivity index (χ4v) is 2.13. The summed E-state index contributed by atoms with van der Waals surface area (Å²) < 4.78 is 5.42. The number of carbonyl (C=O) groups is 2. The zero-order chi connectivity index (χ0) is 14.3. The van der Waals surface area contributed by atoms with Gasteiger partial charge in [0.2, 0.25) is 11.8 Å². The Kier molecular flexibility index (Phi) is 6.84. The molecule has 5 heteroatoms. The molecule has 1 atom stereocenters. The molecular formula is C14H26N2O3. The van der Waals surface area contributed by atoms with E-state index in [-0.39, 0.29) is 23.8 Å². The molecule has 1 rings (SSSR count). The van der Waals surface area contributed by atoms with Crippen molar-refractivity contribution < 1.29 is 14.3 Å². The molecule has 1 aliphatic heterocycles. The van der Waals surface area contributed by atoms with Gasteiger partial charge in [-0.3, -0.25) is 9.59 Å². The van der Waals surface area contributed by atoms with Crippen LogP contribution >= 0.6 is 0 Å². The SMILES string of the molecule is CCCOCCCN1CCC(=O)NC(C(C)C)C1=O. The third-order valence-corrected chi connectivity index (χ3v) is 3.23. The summed E-state index contributed by atoms with van der Waals surface area (Å²) in [6.07, 6.45) is 2.23. The average molecular weight is 270 g/mol. The van der Waals surface area contributed by atoms with Crippen LogP contribution < -0.4 is 5.32 Å². The Morgan fingerprint density at radius 3 is 2.74 bits per heavy atom. The van der Waals surface area contributed by atoms with Gasteiger partial charge in [-0.25, -0.2) is 0 Å². The summed E-state index contributed by atoms with van der Waals surface area (Å²) in [7, 11) is 0. The number of carbonyl (C=O) groups excluding carboxylic acids is 2. The Labute approximate surface area is 115 Å². The molecule has 110 valence electrons. The first-order chi connectivity index (χ1) is 9.06. The van der Waals surface area contributed by atoms with Crippen LogP contribution in [-0.2, 0) is 14.3 Å². The molecule has 0 saturated carbocycles. The molecule has 0 aromatic rings. The van der Waals surface area contributed by atoms with Crippen LogP contribution in [0.5, 0.6) is 0 Å². The van der Waals surface area contributed by atoms with Crippen molar-refractivity contribution in [2.45, 2.75) is 46.1 Å². The Hall–Kier alpha value is -1.10. The van der Waals surface area contributed by atoms with Crippen LogP contribution in [0.15, 0.2) is 0 Å². The van der Waals surface area contributed by atoms with Crippen LogP contribution in [-0.4, -0.2) is 49.1 Å². The first-order valence-corrected chi connectivity index (χ1v) is 7.22. The van der Waals surface area contributed by atoms with Crippen molar-refractivity contribution in [1.29, 1.82) is 0 Å². The second kappa shape index (κ2) is 8.15. The molecule has 0 bridgehead atoms. The van der Waals surface area contributed by atoms with Crippen LogP contribution in [0.25, 0.3) is 0 Å². The lowest BCUT2D eigenvalue weighted by Crippen LogP contribution is -2.48. The minimum atomic E-state index is -0.383. The van der Waals surface area contributed by atoms with Gasteiger partial charge in [0.1, 0.15) is 6.04 Å². The summed E-state index contributed by atoms with van der Waals surface area (Å²) in [4.78, 5) is 25.7. The maximum atomic E-state index is 12.3. The van der Waals surface area contributed by atoms with E-state index in [4.69, 9.17) is 4.74 Å². The summed E-state index contributed by atoms with van der Waals surface area (Å²) in [5.41, 5.74) is 0. The molecule has 1 N–H and O–H groups in total. The van der Waals surface area contributed by atoms with E-state index in [9.17, 15) is 9.59 Å². The molecule has 0 aromatic heterocycles. The molecular weight excluding hydrogens is 244 g/mol. The normalized spacial score (nSPS) is 20.6. The highest BCUT2D eigenvalue weighted by Crippen LogP contribution is 2.11. The van der Waals surface area contributed by atoms with E-state index in [1.165, 1.54) is 0 Å². The fourth-order valence-electron chi connectivity index (χ4n) is 2.13. The molecule has 1 heterocycles. The van der Waals surface area contributed by atoms with E-state index in [1.54, 1.807) is 4.90 Å². The minimum Gasteiger partial charge on any atom is -0.381 e. The molecule has 2 amide bonds. The van der Waals surface area contributed by atoms with Gasteiger partial charge >= 0.3 is 0 Å². The quantitative estimate of drug-likeness (QED) is 0.707. The highest BCUT2D eigenvalue weighted by Gasteiger charge is 2.31. The number of rotatable bonds is 7. The third-order valence-electron chi connectivity index (χ3n) is 3.23. The Balaban J connectivity index is 2.46.